The summed E-state index contributed by atoms with van der Waals surface area (Å²) in [5.41, 5.74) is -1.01. The molecule has 1 aliphatic rings. The van der Waals surface area contributed by atoms with Crippen molar-refractivity contribution in [3.8, 4) is 5.75 Å². The van der Waals surface area contributed by atoms with Crippen molar-refractivity contribution in [3.63, 3.8) is 0 Å². The van der Waals surface area contributed by atoms with Crippen LogP contribution < -0.4 is 15.4 Å². The molecule has 0 unspecified atom stereocenters. The minimum atomic E-state index is -1.35. The van der Waals surface area contributed by atoms with E-state index in [9.17, 15) is 14.4 Å². The molecule has 0 aliphatic carbocycles. The maximum absolute atomic E-state index is 12.7. The molecule has 9 heteroatoms. The average molecular weight is 378 g/mol. The number of nitrogens with zero attached hydrogens (tertiary/aromatic N) is 1. The molecule has 0 radical (unpaired) electrons. The summed E-state index contributed by atoms with van der Waals surface area (Å²) >= 11 is 5.92. The van der Waals surface area contributed by atoms with Crippen molar-refractivity contribution < 1.29 is 23.5 Å². The van der Waals surface area contributed by atoms with Gasteiger partial charge in [-0.2, -0.15) is 0 Å². The highest BCUT2D eigenvalue weighted by Crippen LogP contribution is 2.30. The molecule has 1 saturated heterocycles. The van der Waals surface area contributed by atoms with Crippen molar-refractivity contribution in [2.75, 3.05) is 19.0 Å². The van der Waals surface area contributed by atoms with Crippen LogP contribution in [0, 0.1) is 0 Å². The van der Waals surface area contributed by atoms with Crippen molar-refractivity contribution in [1.29, 1.82) is 0 Å². The Bertz CT molecular complexity index is 867. The summed E-state index contributed by atoms with van der Waals surface area (Å²) in [6, 6.07) is 7.24. The molecule has 0 bridgehead atoms. The molecular weight excluding hydrogens is 362 g/mol. The number of imide groups is 1. The van der Waals surface area contributed by atoms with Gasteiger partial charge >= 0.3 is 6.03 Å². The van der Waals surface area contributed by atoms with E-state index in [2.05, 4.69) is 10.6 Å². The Kier molecular flexibility index (Phi) is 4.60. The van der Waals surface area contributed by atoms with E-state index < -0.39 is 29.9 Å². The minimum Gasteiger partial charge on any atom is -0.495 e. The number of halogens is 1. The molecule has 1 atom stereocenters. The van der Waals surface area contributed by atoms with Gasteiger partial charge < -0.3 is 19.8 Å². The molecule has 26 heavy (non-hydrogen) atoms. The van der Waals surface area contributed by atoms with Crippen LogP contribution in [0.15, 0.2) is 41.0 Å². The maximum atomic E-state index is 12.7. The molecule has 0 saturated carbocycles. The summed E-state index contributed by atoms with van der Waals surface area (Å²) < 4.78 is 10.4. The Morgan fingerprint density at radius 1 is 1.38 bits per heavy atom. The number of amides is 4. The van der Waals surface area contributed by atoms with Crippen molar-refractivity contribution in [2.24, 2.45) is 0 Å². The monoisotopic (exact) mass is 377 g/mol. The van der Waals surface area contributed by atoms with Crippen LogP contribution >= 0.6 is 11.6 Å². The van der Waals surface area contributed by atoms with Gasteiger partial charge in [0.2, 0.25) is 5.91 Å². The zero-order chi connectivity index (χ0) is 18.9. The van der Waals surface area contributed by atoms with Gasteiger partial charge in [-0.15, -0.1) is 0 Å². The van der Waals surface area contributed by atoms with E-state index in [1.165, 1.54) is 26.4 Å². The van der Waals surface area contributed by atoms with Gasteiger partial charge in [0.1, 0.15) is 18.1 Å². The summed E-state index contributed by atoms with van der Waals surface area (Å²) in [6.07, 6.45) is 1.40. The van der Waals surface area contributed by atoms with E-state index >= 15 is 0 Å². The molecule has 1 fully saturated rings. The van der Waals surface area contributed by atoms with Gasteiger partial charge in [0.25, 0.3) is 5.91 Å². The Morgan fingerprint density at radius 3 is 2.81 bits per heavy atom. The molecule has 136 valence electrons. The van der Waals surface area contributed by atoms with Crippen molar-refractivity contribution in [2.45, 2.75) is 12.5 Å². The van der Waals surface area contributed by atoms with Crippen molar-refractivity contribution in [1.82, 2.24) is 10.2 Å². The fourth-order valence-electron chi connectivity index (χ4n) is 2.68. The molecule has 8 nitrogen and oxygen atoms in total. The van der Waals surface area contributed by atoms with E-state index in [-0.39, 0.29) is 5.76 Å². The largest absolute Gasteiger partial charge is 0.495 e. The highest BCUT2D eigenvalue weighted by molar-refractivity contribution is 6.31. The molecule has 2 aromatic rings. The highest BCUT2D eigenvalue weighted by Gasteiger charge is 2.51. The number of carbonyl (C=O) groups is 3. The third-order valence-electron chi connectivity index (χ3n) is 4.03. The number of urea groups is 1. The van der Waals surface area contributed by atoms with Gasteiger partial charge in [0.15, 0.2) is 5.54 Å². The molecular formula is C17H16ClN3O5. The number of carbonyl (C=O) groups excluding carboxylic acids is 3. The summed E-state index contributed by atoms with van der Waals surface area (Å²) in [5, 5.41) is 5.54. The van der Waals surface area contributed by atoms with E-state index in [1.807, 2.05) is 0 Å². The average Bonchev–Trinajstić information content (AvgIpc) is 3.20. The molecule has 1 aromatic heterocycles. The lowest BCUT2D eigenvalue weighted by atomic mass is 9.99. The maximum Gasteiger partial charge on any atom is 0.325 e. The van der Waals surface area contributed by atoms with E-state index in [1.54, 1.807) is 24.3 Å². The predicted octanol–water partition coefficient (Wildman–Crippen LogP) is 2.35. The Balaban J connectivity index is 1.75. The quantitative estimate of drug-likeness (QED) is 0.779. The SMILES string of the molecule is COc1ccc(Cl)cc1NC(=O)CN1C(=O)N[C@](C)(c2ccco2)C1=O. The second kappa shape index (κ2) is 6.72. The molecule has 2 heterocycles. The number of hydrogen-bond donors (Lipinski definition) is 2. The van der Waals surface area contributed by atoms with Gasteiger partial charge in [0.05, 0.1) is 19.1 Å². The third kappa shape index (κ3) is 3.11. The lowest BCUT2D eigenvalue weighted by Crippen LogP contribution is -2.41. The summed E-state index contributed by atoms with van der Waals surface area (Å²) in [6.45, 7) is 1.06. The normalized spacial score (nSPS) is 19.4. The minimum absolute atomic E-state index is 0.287. The molecule has 1 aromatic carbocycles. The van der Waals surface area contributed by atoms with Gasteiger partial charge in [0, 0.05) is 5.02 Å². The number of ether oxygens (including phenoxy) is 1. The first-order valence-corrected chi connectivity index (χ1v) is 8.04. The molecule has 3 rings (SSSR count). The molecule has 2 N–H and O–H groups in total. The molecule has 0 spiro atoms. The van der Waals surface area contributed by atoms with Crippen LogP contribution in [0.1, 0.15) is 12.7 Å². The lowest BCUT2D eigenvalue weighted by molar-refractivity contribution is -0.134. The number of benzene rings is 1. The number of furan rings is 1. The zero-order valence-electron chi connectivity index (χ0n) is 14.0. The first-order valence-electron chi connectivity index (χ1n) is 7.66. The van der Waals surface area contributed by atoms with E-state index in [0.29, 0.717) is 16.5 Å². The van der Waals surface area contributed by atoms with Gasteiger partial charge in [-0.3, -0.25) is 14.5 Å². The Morgan fingerprint density at radius 2 is 2.15 bits per heavy atom. The fourth-order valence-corrected chi connectivity index (χ4v) is 2.85. The summed E-state index contributed by atoms with van der Waals surface area (Å²) in [7, 11) is 1.45. The van der Waals surface area contributed by atoms with Crippen LogP contribution in [0.3, 0.4) is 0 Å². The third-order valence-corrected chi connectivity index (χ3v) is 4.26. The number of methoxy groups -OCH3 is 1. The van der Waals surface area contributed by atoms with Crippen molar-refractivity contribution >= 4 is 35.1 Å². The van der Waals surface area contributed by atoms with Gasteiger partial charge in [-0.05, 0) is 37.3 Å². The van der Waals surface area contributed by atoms with Crippen LogP contribution in [0.4, 0.5) is 10.5 Å². The topological polar surface area (TPSA) is 101 Å². The van der Waals surface area contributed by atoms with Crippen LogP contribution in [0.2, 0.25) is 5.02 Å². The molecule has 1 aliphatic heterocycles. The number of rotatable bonds is 5. The summed E-state index contributed by atoms with van der Waals surface area (Å²) in [5.74, 6) is -0.459. The summed E-state index contributed by atoms with van der Waals surface area (Å²) in [4.78, 5) is 38.0. The second-order valence-electron chi connectivity index (χ2n) is 5.82. The smallest absolute Gasteiger partial charge is 0.325 e. The zero-order valence-corrected chi connectivity index (χ0v) is 14.8. The number of hydrogen-bond acceptors (Lipinski definition) is 5. The second-order valence-corrected chi connectivity index (χ2v) is 6.25. The first-order chi connectivity index (χ1) is 12.3. The van der Waals surface area contributed by atoms with Crippen molar-refractivity contribution in [3.05, 3.63) is 47.4 Å². The Labute approximate surface area is 154 Å². The van der Waals surface area contributed by atoms with Crippen LogP contribution in [-0.2, 0) is 15.1 Å². The first kappa shape index (κ1) is 17.8. The van der Waals surface area contributed by atoms with Gasteiger partial charge in [-0.1, -0.05) is 11.6 Å². The number of nitrogens with one attached hydrogen (secondary N) is 2. The van der Waals surface area contributed by atoms with Gasteiger partial charge in [-0.25, -0.2) is 4.79 Å². The van der Waals surface area contributed by atoms with Crippen LogP contribution in [0.25, 0.3) is 0 Å². The van der Waals surface area contributed by atoms with E-state index in [4.69, 9.17) is 20.8 Å². The fraction of sp³-hybridized carbons (Fsp3) is 0.235. The Hall–Kier alpha value is -3.00. The predicted molar refractivity (Wildman–Crippen MR) is 92.9 cm³/mol. The van der Waals surface area contributed by atoms with Crippen LogP contribution in [0.5, 0.6) is 5.75 Å². The van der Waals surface area contributed by atoms with Crippen LogP contribution in [-0.4, -0.2) is 36.4 Å². The van der Waals surface area contributed by atoms with E-state index in [0.717, 1.165) is 4.90 Å². The highest BCUT2D eigenvalue weighted by atomic mass is 35.5. The molecule has 4 amide bonds. The number of anilines is 1. The standard InChI is InChI=1S/C17H16ClN3O5/c1-17(13-4-3-7-26-13)15(23)21(16(24)20-17)9-14(22)19-11-8-10(18)5-6-12(11)25-2/h3-8H,9H2,1-2H3,(H,19,22)(H,20,24)/t17-/m1/s1. The lowest BCUT2D eigenvalue weighted by Gasteiger charge is -2.19.